The highest BCUT2D eigenvalue weighted by atomic mass is 32.1. The van der Waals surface area contributed by atoms with E-state index in [4.69, 9.17) is 10.5 Å². The van der Waals surface area contributed by atoms with Crippen molar-refractivity contribution in [2.75, 3.05) is 17.7 Å². The van der Waals surface area contributed by atoms with Crippen LogP contribution >= 0.6 is 11.3 Å². The molecule has 0 aliphatic heterocycles. The van der Waals surface area contributed by atoms with Crippen LogP contribution in [0.15, 0.2) is 29.6 Å². The van der Waals surface area contributed by atoms with Crippen LogP contribution in [0.5, 0.6) is 0 Å². The first-order valence-corrected chi connectivity index (χ1v) is 7.33. The molecule has 0 spiro atoms. The summed E-state index contributed by atoms with van der Waals surface area (Å²) in [5.41, 5.74) is 9.08. The molecule has 4 nitrogen and oxygen atoms in total. The molecule has 0 amide bonds. The molecule has 0 aliphatic rings. The van der Waals surface area contributed by atoms with Crippen molar-refractivity contribution in [1.29, 1.82) is 0 Å². The third kappa shape index (κ3) is 3.30. The van der Waals surface area contributed by atoms with Crippen LogP contribution in [0.2, 0.25) is 0 Å². The summed E-state index contributed by atoms with van der Waals surface area (Å²) in [4.78, 5) is 12.9. The van der Waals surface area contributed by atoms with Gasteiger partial charge in [0, 0.05) is 11.4 Å². The number of nitrogens with one attached hydrogen (secondary N) is 1. The van der Waals surface area contributed by atoms with E-state index in [1.807, 2.05) is 6.07 Å². The standard InChI is InChI=1S/C15H18N2O2S/c1-3-19-15(18)11-4-5-13(12(16)8-11)17-9-14-10(2)6-7-20-14/h4-8,17H,3,9,16H2,1-2H3. The summed E-state index contributed by atoms with van der Waals surface area (Å²) in [6, 6.07) is 7.26. The van der Waals surface area contributed by atoms with Gasteiger partial charge < -0.3 is 15.8 Å². The summed E-state index contributed by atoms with van der Waals surface area (Å²) in [5.74, 6) is -0.347. The molecule has 5 heteroatoms. The van der Waals surface area contributed by atoms with Crippen LogP contribution in [0.3, 0.4) is 0 Å². The molecule has 20 heavy (non-hydrogen) atoms. The number of hydrogen-bond donors (Lipinski definition) is 2. The molecule has 3 N–H and O–H groups in total. The molecule has 0 unspecified atom stereocenters. The van der Waals surface area contributed by atoms with Gasteiger partial charge >= 0.3 is 5.97 Å². The van der Waals surface area contributed by atoms with Gasteiger partial charge in [-0.2, -0.15) is 0 Å². The lowest BCUT2D eigenvalue weighted by Crippen LogP contribution is -2.07. The molecule has 106 valence electrons. The van der Waals surface area contributed by atoms with Crippen LogP contribution in [-0.4, -0.2) is 12.6 Å². The maximum Gasteiger partial charge on any atom is 0.338 e. The van der Waals surface area contributed by atoms with Gasteiger partial charge in [0.25, 0.3) is 0 Å². The highest BCUT2D eigenvalue weighted by Crippen LogP contribution is 2.23. The summed E-state index contributed by atoms with van der Waals surface area (Å²) < 4.78 is 4.94. The number of aryl methyl sites for hydroxylation is 1. The van der Waals surface area contributed by atoms with Gasteiger partial charge in [-0.1, -0.05) is 0 Å². The van der Waals surface area contributed by atoms with E-state index in [9.17, 15) is 4.79 Å². The second kappa shape index (κ2) is 6.43. The van der Waals surface area contributed by atoms with E-state index in [0.29, 0.717) is 17.9 Å². The SMILES string of the molecule is CCOC(=O)c1ccc(NCc2sccc2C)c(N)c1. The van der Waals surface area contributed by atoms with E-state index in [1.165, 1.54) is 10.4 Å². The van der Waals surface area contributed by atoms with E-state index >= 15 is 0 Å². The van der Waals surface area contributed by atoms with Crippen molar-refractivity contribution in [3.63, 3.8) is 0 Å². The number of carbonyl (C=O) groups excluding carboxylic acids is 1. The topological polar surface area (TPSA) is 64.3 Å². The Labute approximate surface area is 122 Å². The van der Waals surface area contributed by atoms with Gasteiger partial charge in [0.05, 0.1) is 23.5 Å². The number of anilines is 2. The molecular weight excluding hydrogens is 272 g/mol. The third-order valence-corrected chi connectivity index (χ3v) is 3.99. The van der Waals surface area contributed by atoms with Gasteiger partial charge in [-0.15, -0.1) is 11.3 Å². The van der Waals surface area contributed by atoms with Crippen molar-refractivity contribution >= 4 is 28.7 Å². The van der Waals surface area contributed by atoms with E-state index < -0.39 is 0 Å². The van der Waals surface area contributed by atoms with E-state index in [1.54, 1.807) is 30.4 Å². The molecule has 1 aromatic carbocycles. The van der Waals surface area contributed by atoms with Crippen molar-refractivity contribution < 1.29 is 9.53 Å². The lowest BCUT2D eigenvalue weighted by atomic mass is 10.1. The van der Waals surface area contributed by atoms with Gasteiger partial charge in [0.1, 0.15) is 0 Å². The number of rotatable bonds is 5. The Morgan fingerprint density at radius 1 is 1.40 bits per heavy atom. The highest BCUT2D eigenvalue weighted by Gasteiger charge is 2.09. The number of thiophene rings is 1. The number of ether oxygens (including phenoxy) is 1. The average Bonchev–Trinajstić information content (AvgIpc) is 2.83. The van der Waals surface area contributed by atoms with E-state index in [-0.39, 0.29) is 5.97 Å². The molecule has 0 bridgehead atoms. The van der Waals surface area contributed by atoms with Crippen molar-refractivity contribution in [2.24, 2.45) is 0 Å². The van der Waals surface area contributed by atoms with Gasteiger partial charge in [0.15, 0.2) is 0 Å². The lowest BCUT2D eigenvalue weighted by Gasteiger charge is -2.10. The molecule has 0 atom stereocenters. The maximum atomic E-state index is 11.6. The van der Waals surface area contributed by atoms with E-state index in [2.05, 4.69) is 23.7 Å². The quantitative estimate of drug-likeness (QED) is 0.654. The fourth-order valence-electron chi connectivity index (χ4n) is 1.83. The summed E-state index contributed by atoms with van der Waals surface area (Å²) in [6.45, 7) is 4.95. The summed E-state index contributed by atoms with van der Waals surface area (Å²) in [5, 5.41) is 5.36. The molecule has 2 aromatic rings. The molecule has 1 heterocycles. The lowest BCUT2D eigenvalue weighted by molar-refractivity contribution is 0.0526. The molecule has 0 fully saturated rings. The minimum atomic E-state index is -0.347. The Hall–Kier alpha value is -2.01. The van der Waals surface area contributed by atoms with Gasteiger partial charge in [-0.3, -0.25) is 0 Å². The number of hydrogen-bond acceptors (Lipinski definition) is 5. The molecule has 1 aromatic heterocycles. The normalized spacial score (nSPS) is 10.3. The molecule has 0 saturated carbocycles. The number of carbonyl (C=O) groups is 1. The second-order valence-electron chi connectivity index (χ2n) is 4.40. The highest BCUT2D eigenvalue weighted by molar-refractivity contribution is 7.10. The zero-order valence-electron chi connectivity index (χ0n) is 11.6. The van der Waals surface area contributed by atoms with Crippen molar-refractivity contribution in [3.8, 4) is 0 Å². The Bertz CT molecular complexity index is 608. The summed E-state index contributed by atoms with van der Waals surface area (Å²) >= 11 is 1.71. The average molecular weight is 290 g/mol. The first-order valence-electron chi connectivity index (χ1n) is 6.45. The molecule has 2 rings (SSSR count). The van der Waals surface area contributed by atoms with Gasteiger partial charge in [-0.05, 0) is 49.1 Å². The maximum absolute atomic E-state index is 11.6. The molecule has 0 radical (unpaired) electrons. The Morgan fingerprint density at radius 3 is 2.80 bits per heavy atom. The first-order chi connectivity index (χ1) is 9.61. The monoisotopic (exact) mass is 290 g/mol. The zero-order valence-corrected chi connectivity index (χ0v) is 12.4. The van der Waals surface area contributed by atoms with Crippen molar-refractivity contribution in [2.45, 2.75) is 20.4 Å². The smallest absolute Gasteiger partial charge is 0.338 e. The molecular formula is C15H18N2O2S. The minimum Gasteiger partial charge on any atom is -0.462 e. The van der Waals surface area contributed by atoms with Crippen molar-refractivity contribution in [3.05, 3.63) is 45.6 Å². The fourth-order valence-corrected chi connectivity index (χ4v) is 2.67. The van der Waals surface area contributed by atoms with Gasteiger partial charge in [0.2, 0.25) is 0 Å². The van der Waals surface area contributed by atoms with Crippen LogP contribution in [-0.2, 0) is 11.3 Å². The largest absolute Gasteiger partial charge is 0.462 e. The number of benzene rings is 1. The minimum absolute atomic E-state index is 0.347. The van der Waals surface area contributed by atoms with Crippen molar-refractivity contribution in [1.82, 2.24) is 0 Å². The zero-order chi connectivity index (χ0) is 14.5. The van der Waals surface area contributed by atoms with Crippen LogP contribution in [0.4, 0.5) is 11.4 Å². The van der Waals surface area contributed by atoms with Crippen LogP contribution in [0.25, 0.3) is 0 Å². The fraction of sp³-hybridized carbons (Fsp3) is 0.267. The first kappa shape index (κ1) is 14.4. The third-order valence-electron chi connectivity index (χ3n) is 2.97. The summed E-state index contributed by atoms with van der Waals surface area (Å²) in [7, 11) is 0. The van der Waals surface area contributed by atoms with Gasteiger partial charge in [-0.25, -0.2) is 4.79 Å². The number of esters is 1. The van der Waals surface area contributed by atoms with Crippen LogP contribution < -0.4 is 11.1 Å². The summed E-state index contributed by atoms with van der Waals surface area (Å²) in [6.07, 6.45) is 0. The predicted molar refractivity (Wildman–Crippen MR) is 83.2 cm³/mol. The Kier molecular flexibility index (Phi) is 4.63. The number of nitrogens with two attached hydrogens (primary N) is 1. The predicted octanol–water partition coefficient (Wildman–Crippen LogP) is 3.43. The van der Waals surface area contributed by atoms with E-state index in [0.717, 1.165) is 12.2 Å². The molecule has 0 saturated heterocycles. The van der Waals surface area contributed by atoms with Crippen LogP contribution in [0.1, 0.15) is 27.7 Å². The molecule has 0 aliphatic carbocycles. The second-order valence-corrected chi connectivity index (χ2v) is 5.40. The number of nitrogen functional groups attached to an aromatic ring is 1. The van der Waals surface area contributed by atoms with Crippen LogP contribution in [0, 0.1) is 6.92 Å². The Balaban J connectivity index is 2.06. The Morgan fingerprint density at radius 2 is 2.20 bits per heavy atom.